The Labute approximate surface area is 152 Å². The number of rotatable bonds is 4. The second kappa shape index (κ2) is 7.44. The number of hydrogen-bond donors (Lipinski definition) is 2. The molecular weight excluding hydrogens is 327 g/mol. The van der Waals surface area contributed by atoms with Gasteiger partial charge in [0.1, 0.15) is 17.3 Å². The summed E-state index contributed by atoms with van der Waals surface area (Å²) in [6.07, 6.45) is 1.46. The summed E-state index contributed by atoms with van der Waals surface area (Å²) in [5, 5.41) is 20.5. The van der Waals surface area contributed by atoms with Crippen LogP contribution in [-0.4, -0.2) is 10.2 Å². The van der Waals surface area contributed by atoms with Crippen LogP contribution in [-0.2, 0) is 0 Å². The molecule has 3 aromatic rings. The minimum Gasteiger partial charge on any atom is -0.507 e. The number of phenolic OH excluding ortho intramolecular Hbond substituents is 2. The van der Waals surface area contributed by atoms with Gasteiger partial charge < -0.3 is 10.2 Å². The summed E-state index contributed by atoms with van der Waals surface area (Å²) < 4.78 is 14.5. The average molecular weight is 348 g/mol. The largest absolute Gasteiger partial charge is 0.507 e. The van der Waals surface area contributed by atoms with Gasteiger partial charge in [-0.3, -0.25) is 0 Å². The van der Waals surface area contributed by atoms with Crippen LogP contribution in [0, 0.1) is 0 Å². The highest BCUT2D eigenvalue weighted by molar-refractivity contribution is 5.83. The molecule has 2 N–H and O–H groups in total. The van der Waals surface area contributed by atoms with Crippen molar-refractivity contribution >= 4 is 11.9 Å². The minimum absolute atomic E-state index is 0.00318. The molecule has 3 rings (SSSR count). The number of halogens is 1. The summed E-state index contributed by atoms with van der Waals surface area (Å²) in [6.45, 7) is 4.08. The van der Waals surface area contributed by atoms with Gasteiger partial charge in [0.05, 0.1) is 5.56 Å². The van der Waals surface area contributed by atoms with E-state index in [-0.39, 0.29) is 23.2 Å². The standard InChI is InChI=1S/C23H21FO2/c1-15(2)18-12-11-16(14-20(24)17-7-4-3-5-8-17)13-19(18)23-21(25)9-6-10-22(23)26/h3-15,25-26H,1-2H3/b20-14-. The molecule has 0 saturated heterocycles. The molecule has 0 radical (unpaired) electrons. The second-order valence-electron chi connectivity index (χ2n) is 6.53. The summed E-state index contributed by atoms with van der Waals surface area (Å²) in [7, 11) is 0. The van der Waals surface area contributed by atoms with Crippen LogP contribution in [0.1, 0.15) is 36.5 Å². The van der Waals surface area contributed by atoms with Crippen molar-refractivity contribution in [2.45, 2.75) is 19.8 Å². The molecule has 0 amide bonds. The summed E-state index contributed by atoms with van der Waals surface area (Å²) in [5.41, 5.74) is 3.21. The quantitative estimate of drug-likeness (QED) is 0.539. The third-order valence-electron chi connectivity index (χ3n) is 4.33. The van der Waals surface area contributed by atoms with Crippen molar-refractivity contribution in [3.8, 4) is 22.6 Å². The number of benzene rings is 3. The molecule has 0 atom stereocenters. The van der Waals surface area contributed by atoms with E-state index in [0.29, 0.717) is 22.3 Å². The molecular formula is C23H21FO2. The van der Waals surface area contributed by atoms with Crippen LogP contribution in [0.25, 0.3) is 23.0 Å². The Hall–Kier alpha value is -3.07. The molecule has 0 fully saturated rings. The zero-order valence-corrected chi connectivity index (χ0v) is 14.8. The van der Waals surface area contributed by atoms with Gasteiger partial charge in [-0.1, -0.05) is 62.4 Å². The van der Waals surface area contributed by atoms with Crippen LogP contribution in [0.15, 0.2) is 66.7 Å². The van der Waals surface area contributed by atoms with Crippen molar-refractivity contribution in [3.05, 3.63) is 83.4 Å². The van der Waals surface area contributed by atoms with Gasteiger partial charge in [0.15, 0.2) is 0 Å². The van der Waals surface area contributed by atoms with Gasteiger partial charge in [0.2, 0.25) is 0 Å². The third-order valence-corrected chi connectivity index (χ3v) is 4.33. The van der Waals surface area contributed by atoms with Crippen molar-refractivity contribution in [2.24, 2.45) is 0 Å². The topological polar surface area (TPSA) is 40.5 Å². The normalized spacial score (nSPS) is 11.8. The van der Waals surface area contributed by atoms with Crippen LogP contribution in [0.3, 0.4) is 0 Å². The fourth-order valence-corrected chi connectivity index (χ4v) is 3.01. The first kappa shape index (κ1) is 17.7. The molecule has 0 heterocycles. The van der Waals surface area contributed by atoms with Gasteiger partial charge in [-0.25, -0.2) is 4.39 Å². The maximum Gasteiger partial charge on any atom is 0.131 e. The highest BCUT2D eigenvalue weighted by Crippen LogP contribution is 2.41. The summed E-state index contributed by atoms with van der Waals surface area (Å²) in [5.74, 6) is -0.163. The molecule has 0 aliphatic heterocycles. The molecule has 0 bridgehead atoms. The zero-order valence-electron chi connectivity index (χ0n) is 14.8. The Morgan fingerprint density at radius 2 is 1.54 bits per heavy atom. The monoisotopic (exact) mass is 348 g/mol. The zero-order chi connectivity index (χ0) is 18.7. The smallest absolute Gasteiger partial charge is 0.131 e. The molecule has 2 nitrogen and oxygen atoms in total. The molecule has 0 unspecified atom stereocenters. The van der Waals surface area contributed by atoms with E-state index < -0.39 is 0 Å². The van der Waals surface area contributed by atoms with Crippen LogP contribution in [0.2, 0.25) is 0 Å². The molecule has 132 valence electrons. The van der Waals surface area contributed by atoms with Gasteiger partial charge >= 0.3 is 0 Å². The predicted octanol–water partition coefficient (Wildman–Crippen LogP) is 6.36. The molecule has 0 spiro atoms. The van der Waals surface area contributed by atoms with Gasteiger partial charge in [0.25, 0.3) is 0 Å². The molecule has 0 aromatic heterocycles. The molecule has 3 aromatic carbocycles. The number of hydrogen-bond acceptors (Lipinski definition) is 2. The number of phenols is 2. The van der Waals surface area contributed by atoms with E-state index in [1.807, 2.05) is 32.0 Å². The van der Waals surface area contributed by atoms with E-state index in [1.165, 1.54) is 18.2 Å². The van der Waals surface area contributed by atoms with E-state index >= 15 is 0 Å². The maximum atomic E-state index is 14.5. The average Bonchev–Trinajstić information content (AvgIpc) is 2.62. The third kappa shape index (κ3) is 3.62. The Bertz CT molecular complexity index is 923. The lowest BCUT2D eigenvalue weighted by atomic mass is 9.90. The van der Waals surface area contributed by atoms with Crippen LogP contribution >= 0.6 is 0 Å². The Kier molecular flexibility index (Phi) is 5.08. The van der Waals surface area contributed by atoms with Gasteiger partial charge in [0, 0.05) is 5.56 Å². The van der Waals surface area contributed by atoms with Crippen LogP contribution in [0.4, 0.5) is 4.39 Å². The summed E-state index contributed by atoms with van der Waals surface area (Å²) >= 11 is 0. The summed E-state index contributed by atoms with van der Waals surface area (Å²) in [4.78, 5) is 0. The van der Waals surface area contributed by atoms with E-state index in [1.54, 1.807) is 36.4 Å². The first-order valence-electron chi connectivity index (χ1n) is 8.55. The minimum atomic E-state index is -0.338. The van der Waals surface area contributed by atoms with Crippen LogP contribution < -0.4 is 0 Å². The Morgan fingerprint density at radius 1 is 0.885 bits per heavy atom. The highest BCUT2D eigenvalue weighted by atomic mass is 19.1. The van der Waals surface area contributed by atoms with E-state index in [9.17, 15) is 14.6 Å². The highest BCUT2D eigenvalue weighted by Gasteiger charge is 2.16. The van der Waals surface area contributed by atoms with Crippen molar-refractivity contribution in [1.82, 2.24) is 0 Å². The van der Waals surface area contributed by atoms with E-state index in [2.05, 4.69) is 0 Å². The molecule has 0 aliphatic rings. The lowest BCUT2D eigenvalue weighted by Gasteiger charge is -2.16. The molecule has 3 heteroatoms. The van der Waals surface area contributed by atoms with Gasteiger partial charge in [-0.05, 0) is 46.9 Å². The van der Waals surface area contributed by atoms with E-state index in [0.717, 1.165) is 5.56 Å². The first-order valence-corrected chi connectivity index (χ1v) is 8.55. The fraction of sp³-hybridized carbons (Fsp3) is 0.130. The Morgan fingerprint density at radius 3 is 2.15 bits per heavy atom. The maximum absolute atomic E-state index is 14.5. The van der Waals surface area contributed by atoms with E-state index in [4.69, 9.17) is 0 Å². The first-order chi connectivity index (χ1) is 12.5. The molecule has 0 aliphatic carbocycles. The summed E-state index contributed by atoms with van der Waals surface area (Å²) in [6, 6.07) is 19.1. The van der Waals surface area contributed by atoms with Crippen molar-refractivity contribution in [3.63, 3.8) is 0 Å². The van der Waals surface area contributed by atoms with Crippen molar-refractivity contribution in [1.29, 1.82) is 0 Å². The lowest BCUT2D eigenvalue weighted by Crippen LogP contribution is -1.94. The van der Waals surface area contributed by atoms with Gasteiger partial charge in [-0.2, -0.15) is 0 Å². The van der Waals surface area contributed by atoms with Crippen LogP contribution in [0.5, 0.6) is 11.5 Å². The van der Waals surface area contributed by atoms with Crippen molar-refractivity contribution in [2.75, 3.05) is 0 Å². The molecule has 0 saturated carbocycles. The fourth-order valence-electron chi connectivity index (χ4n) is 3.01. The second-order valence-corrected chi connectivity index (χ2v) is 6.53. The van der Waals surface area contributed by atoms with Crippen molar-refractivity contribution < 1.29 is 14.6 Å². The van der Waals surface area contributed by atoms with Gasteiger partial charge in [-0.15, -0.1) is 0 Å². The SMILES string of the molecule is CC(C)c1ccc(/C=C(\F)c2ccccc2)cc1-c1c(O)cccc1O. The predicted molar refractivity (Wildman–Crippen MR) is 105 cm³/mol. The molecule has 26 heavy (non-hydrogen) atoms. The number of aromatic hydroxyl groups is 2. The Balaban J connectivity index is 2.14. The lowest BCUT2D eigenvalue weighted by molar-refractivity contribution is 0.454.